The molecule has 2 aliphatic heterocycles. The predicted octanol–water partition coefficient (Wildman–Crippen LogP) is 1.40. The van der Waals surface area contributed by atoms with Gasteiger partial charge in [0.05, 0.1) is 12.2 Å². The number of Topliss-reactive ketones (excluding diaryl/α,β-unsaturated/α-hetero) is 1. The number of hydrogen-bond donors (Lipinski definition) is 2. The number of ether oxygens (including phenoxy) is 1. The van der Waals surface area contributed by atoms with Gasteiger partial charge in [0.2, 0.25) is 15.6 Å². The molecule has 1 aromatic carbocycles. The fourth-order valence-corrected chi connectivity index (χ4v) is 6.32. The molecule has 2 unspecified atom stereocenters. The maximum absolute atomic E-state index is 13.6. The Morgan fingerprint density at radius 1 is 1.19 bits per heavy atom. The minimum absolute atomic E-state index is 0.0392. The third-order valence-corrected chi connectivity index (χ3v) is 8.23. The zero-order valence-corrected chi connectivity index (χ0v) is 21.0. The van der Waals surface area contributed by atoms with Crippen molar-refractivity contribution in [3.05, 3.63) is 81.3 Å². The zero-order valence-electron chi connectivity index (χ0n) is 20.2. The molecule has 0 bridgehead atoms. The number of carbonyl (C=O) groups is 2. The minimum atomic E-state index is -4.08. The summed E-state index contributed by atoms with van der Waals surface area (Å²) in [6, 6.07) is 6.46. The Hall–Kier alpha value is -3.77. The Kier molecular flexibility index (Phi) is 6.24. The fraction of sp³-hybridized carbons (Fsp3) is 0.320. The van der Waals surface area contributed by atoms with Gasteiger partial charge in [-0.25, -0.2) is 17.5 Å². The summed E-state index contributed by atoms with van der Waals surface area (Å²) < 4.78 is 50.3. The molecule has 2 aromatic heterocycles. The van der Waals surface area contributed by atoms with Gasteiger partial charge in [0.25, 0.3) is 5.91 Å². The topological polar surface area (TPSA) is 131 Å². The number of nitrogens with zero attached hydrogens (tertiary/aromatic N) is 2. The van der Waals surface area contributed by atoms with E-state index in [1.54, 1.807) is 20.0 Å². The molecule has 0 radical (unpaired) electrons. The van der Waals surface area contributed by atoms with Gasteiger partial charge in [0, 0.05) is 57.0 Å². The molecule has 1 fully saturated rings. The van der Waals surface area contributed by atoms with E-state index in [1.807, 2.05) is 0 Å². The van der Waals surface area contributed by atoms with Crippen molar-refractivity contribution < 1.29 is 27.1 Å². The average Bonchev–Trinajstić information content (AvgIpc) is 3.39. The molecule has 2 N–H and O–H groups in total. The van der Waals surface area contributed by atoms with Gasteiger partial charge in [0.15, 0.2) is 11.5 Å². The summed E-state index contributed by atoms with van der Waals surface area (Å²) in [4.78, 5) is 41.3. The lowest BCUT2D eigenvalue weighted by Gasteiger charge is -2.23. The number of rotatable bonds is 4. The predicted molar refractivity (Wildman–Crippen MR) is 131 cm³/mol. The number of amides is 1. The molecule has 10 nitrogen and oxygen atoms in total. The summed E-state index contributed by atoms with van der Waals surface area (Å²) in [6.07, 6.45) is 2.59. The number of H-pyrrole nitrogens is 1. The quantitative estimate of drug-likeness (QED) is 0.493. The van der Waals surface area contributed by atoms with Crippen molar-refractivity contribution >= 4 is 21.7 Å². The lowest BCUT2D eigenvalue weighted by Crippen LogP contribution is -2.43. The number of pyridine rings is 1. The van der Waals surface area contributed by atoms with E-state index in [4.69, 9.17) is 4.74 Å². The number of ketones is 1. The monoisotopic (exact) mass is 528 g/mol. The highest BCUT2D eigenvalue weighted by atomic mass is 32.2. The van der Waals surface area contributed by atoms with Crippen LogP contribution in [0.3, 0.4) is 0 Å². The molecule has 2 aliphatic rings. The van der Waals surface area contributed by atoms with E-state index >= 15 is 0 Å². The first-order chi connectivity index (χ1) is 17.5. The van der Waals surface area contributed by atoms with Crippen molar-refractivity contribution in [2.24, 2.45) is 13.0 Å². The summed E-state index contributed by atoms with van der Waals surface area (Å²) in [5, 5.41) is 0. The second kappa shape index (κ2) is 9.27. The first-order valence-electron chi connectivity index (χ1n) is 11.6. The Morgan fingerprint density at radius 2 is 1.97 bits per heavy atom. The summed E-state index contributed by atoms with van der Waals surface area (Å²) in [6.45, 7) is 2.04. The maximum Gasteiger partial charge on any atom is 0.255 e. The van der Waals surface area contributed by atoms with E-state index in [0.29, 0.717) is 11.1 Å². The molecule has 1 amide bonds. The van der Waals surface area contributed by atoms with Crippen LogP contribution in [0.2, 0.25) is 0 Å². The summed E-state index contributed by atoms with van der Waals surface area (Å²) in [7, 11) is -2.51. The van der Waals surface area contributed by atoms with E-state index < -0.39 is 16.1 Å². The highest BCUT2D eigenvalue weighted by Crippen LogP contribution is 2.35. The largest absolute Gasteiger partial charge is 0.489 e. The number of nitrogens with one attached hydrogen (secondary N) is 2. The first-order valence-corrected chi connectivity index (χ1v) is 13.1. The average molecular weight is 529 g/mol. The molecular formula is C25H25FN4O6S. The SMILES string of the molecule is Cc1cc(CC(=O)c2c3c(cn2C)S(=O)(=O)NC2CN(C(=O)c4ccc(=O)[nH]c4)CC2CO3)ccc1F. The number of halogens is 1. The van der Waals surface area contributed by atoms with E-state index in [-0.39, 0.29) is 77.0 Å². The van der Waals surface area contributed by atoms with Crippen molar-refractivity contribution in [3.8, 4) is 5.75 Å². The highest BCUT2D eigenvalue weighted by molar-refractivity contribution is 7.89. The Balaban J connectivity index is 1.40. The van der Waals surface area contributed by atoms with Gasteiger partial charge in [0.1, 0.15) is 16.4 Å². The van der Waals surface area contributed by atoms with Crippen LogP contribution >= 0.6 is 0 Å². The molecule has 4 heterocycles. The molecule has 0 saturated carbocycles. The zero-order chi connectivity index (χ0) is 26.5. The third kappa shape index (κ3) is 4.69. The van der Waals surface area contributed by atoms with Crippen molar-refractivity contribution in [2.75, 3.05) is 19.7 Å². The summed E-state index contributed by atoms with van der Waals surface area (Å²) >= 11 is 0. The van der Waals surface area contributed by atoms with Gasteiger partial charge in [-0.3, -0.25) is 14.4 Å². The molecule has 0 aliphatic carbocycles. The molecule has 12 heteroatoms. The molecule has 194 valence electrons. The second-order valence-corrected chi connectivity index (χ2v) is 11.1. The third-order valence-electron chi connectivity index (χ3n) is 6.75. The van der Waals surface area contributed by atoms with Crippen molar-refractivity contribution in [3.63, 3.8) is 0 Å². The van der Waals surface area contributed by atoms with Gasteiger partial charge >= 0.3 is 0 Å². The number of benzene rings is 1. The molecule has 2 atom stereocenters. The lowest BCUT2D eigenvalue weighted by molar-refractivity contribution is 0.0781. The number of sulfonamides is 1. The molecule has 37 heavy (non-hydrogen) atoms. The number of fused-ring (bicyclic) bond motifs is 2. The lowest BCUT2D eigenvalue weighted by atomic mass is 10.0. The number of aromatic amines is 1. The number of aryl methyl sites for hydroxylation is 2. The maximum atomic E-state index is 13.6. The van der Waals surface area contributed by atoms with E-state index in [1.165, 1.54) is 46.1 Å². The standard InChI is InChI=1S/C25H25FN4O6S/c1-14-7-15(3-5-18(14)26)8-20(31)23-24-21(12-29(23)2)37(34,35)28-19-11-30(10-17(19)13-36-24)25(33)16-4-6-22(32)27-9-16/h3-7,9,12,17,19,28H,8,10-11,13H2,1-2H3,(H,27,32). The fourth-order valence-electron chi connectivity index (χ4n) is 4.83. The van der Waals surface area contributed by atoms with Crippen LogP contribution < -0.4 is 15.0 Å². The van der Waals surface area contributed by atoms with Crippen LogP contribution in [0.5, 0.6) is 5.75 Å². The Labute approximate surface area is 212 Å². The van der Waals surface area contributed by atoms with Crippen LogP contribution in [-0.4, -0.2) is 60.3 Å². The van der Waals surface area contributed by atoms with Crippen LogP contribution in [-0.2, 0) is 23.5 Å². The van der Waals surface area contributed by atoms with E-state index in [0.717, 1.165) is 0 Å². The normalized spacial score (nSPS) is 20.4. The molecule has 1 saturated heterocycles. The van der Waals surface area contributed by atoms with Crippen LogP contribution in [0, 0.1) is 18.7 Å². The molecular weight excluding hydrogens is 503 g/mol. The van der Waals surface area contributed by atoms with E-state index in [2.05, 4.69) is 9.71 Å². The van der Waals surface area contributed by atoms with Gasteiger partial charge in [-0.1, -0.05) is 12.1 Å². The Bertz CT molecular complexity index is 1560. The Morgan fingerprint density at radius 3 is 2.68 bits per heavy atom. The molecule has 0 spiro atoms. The number of aromatic nitrogens is 2. The number of likely N-dealkylation sites (tertiary alicyclic amines) is 1. The van der Waals surface area contributed by atoms with E-state index in [9.17, 15) is 27.2 Å². The van der Waals surface area contributed by atoms with Crippen LogP contribution in [0.15, 0.2) is 52.4 Å². The molecule has 5 rings (SSSR count). The van der Waals surface area contributed by atoms with Gasteiger partial charge in [-0.05, 0) is 30.2 Å². The van der Waals surface area contributed by atoms with Gasteiger partial charge < -0.3 is 19.2 Å². The number of carbonyl (C=O) groups excluding carboxylic acids is 2. The van der Waals surface area contributed by atoms with Crippen LogP contribution in [0.25, 0.3) is 0 Å². The van der Waals surface area contributed by atoms with Crippen LogP contribution in [0.4, 0.5) is 4.39 Å². The molecule has 3 aromatic rings. The van der Waals surface area contributed by atoms with Gasteiger partial charge in [-0.2, -0.15) is 0 Å². The minimum Gasteiger partial charge on any atom is -0.489 e. The first kappa shape index (κ1) is 24.9. The highest BCUT2D eigenvalue weighted by Gasteiger charge is 2.42. The van der Waals surface area contributed by atoms with Crippen molar-refractivity contribution in [2.45, 2.75) is 24.3 Å². The van der Waals surface area contributed by atoms with Crippen molar-refractivity contribution in [1.29, 1.82) is 0 Å². The summed E-state index contributed by atoms with van der Waals surface area (Å²) in [5.41, 5.74) is 1.05. The van der Waals surface area contributed by atoms with Crippen LogP contribution in [0.1, 0.15) is 32.0 Å². The summed E-state index contributed by atoms with van der Waals surface area (Å²) in [5.74, 6) is -1.49. The second-order valence-electron chi connectivity index (χ2n) is 9.42. The number of hydrogen-bond acceptors (Lipinski definition) is 6. The smallest absolute Gasteiger partial charge is 0.255 e. The van der Waals surface area contributed by atoms with Crippen molar-refractivity contribution in [1.82, 2.24) is 19.2 Å². The van der Waals surface area contributed by atoms with Gasteiger partial charge in [-0.15, -0.1) is 0 Å².